The van der Waals surface area contributed by atoms with Gasteiger partial charge in [-0.3, -0.25) is 0 Å². The Balaban J connectivity index is 2.92. The highest BCUT2D eigenvalue weighted by Gasteiger charge is 2.03. The van der Waals surface area contributed by atoms with Gasteiger partial charge in [-0.2, -0.15) is 0 Å². The number of benzene rings is 1. The van der Waals surface area contributed by atoms with Gasteiger partial charge in [-0.15, -0.1) is 0 Å². The summed E-state index contributed by atoms with van der Waals surface area (Å²) in [6, 6.07) is 9.63. The second kappa shape index (κ2) is 4.30. The third-order valence-electron chi connectivity index (χ3n) is 2.08. The van der Waals surface area contributed by atoms with Crippen LogP contribution in [0.2, 0.25) is 0 Å². The summed E-state index contributed by atoms with van der Waals surface area (Å²) in [4.78, 5) is 0. The first kappa shape index (κ1) is 9.31. The maximum atomic E-state index is 3.32. The first-order valence-electron chi connectivity index (χ1n) is 4.75. The van der Waals surface area contributed by atoms with E-state index in [-0.39, 0.29) is 0 Å². The molecule has 65 valence electrons. The van der Waals surface area contributed by atoms with Crippen LogP contribution >= 0.6 is 0 Å². The fourth-order valence-corrected chi connectivity index (χ4v) is 1.51. The van der Waals surface area contributed by atoms with E-state index < -0.39 is 0 Å². The Morgan fingerprint density at radius 1 is 1.42 bits per heavy atom. The van der Waals surface area contributed by atoms with Crippen molar-refractivity contribution in [3.05, 3.63) is 35.4 Å². The quantitative estimate of drug-likeness (QED) is 0.636. The van der Waals surface area contributed by atoms with Crippen LogP contribution in [0, 0.1) is 6.07 Å². The number of rotatable bonds is 3. The lowest BCUT2D eigenvalue weighted by molar-refractivity contribution is 0.819. The van der Waals surface area contributed by atoms with Crippen LogP contribution in [-0.2, 0) is 6.42 Å². The third-order valence-corrected chi connectivity index (χ3v) is 2.08. The van der Waals surface area contributed by atoms with E-state index >= 15 is 0 Å². The molecule has 1 aromatic carbocycles. The van der Waals surface area contributed by atoms with Gasteiger partial charge in [0, 0.05) is 0 Å². The van der Waals surface area contributed by atoms with Gasteiger partial charge in [-0.05, 0) is 29.5 Å². The maximum absolute atomic E-state index is 3.32. The standard InChI is InChI=1S/C12H17/c1-4-7-11-8-5-6-9-12(11)10(2)3/h5-6,8,10H,4,7H2,1-3H3. The molecular weight excluding hydrogens is 144 g/mol. The molecule has 0 heterocycles. The second-order valence-corrected chi connectivity index (χ2v) is 3.51. The Hall–Kier alpha value is -0.780. The Labute approximate surface area is 75.6 Å². The number of hydrogen-bond donors (Lipinski definition) is 0. The van der Waals surface area contributed by atoms with Crippen molar-refractivity contribution in [2.45, 2.75) is 39.5 Å². The third kappa shape index (κ3) is 2.10. The van der Waals surface area contributed by atoms with Crippen molar-refractivity contribution >= 4 is 0 Å². The molecular formula is C12H17. The summed E-state index contributed by atoms with van der Waals surface area (Å²) in [6.45, 7) is 6.67. The minimum Gasteiger partial charge on any atom is -0.0651 e. The Morgan fingerprint density at radius 2 is 2.17 bits per heavy atom. The van der Waals surface area contributed by atoms with Crippen molar-refractivity contribution in [1.82, 2.24) is 0 Å². The monoisotopic (exact) mass is 161 g/mol. The minimum absolute atomic E-state index is 0.604. The lowest BCUT2D eigenvalue weighted by Crippen LogP contribution is -1.95. The summed E-state index contributed by atoms with van der Waals surface area (Å²) >= 11 is 0. The van der Waals surface area contributed by atoms with Gasteiger partial charge in [0.15, 0.2) is 0 Å². The molecule has 0 N–H and O–H groups in total. The molecule has 0 bridgehead atoms. The molecule has 0 nitrogen and oxygen atoms in total. The first-order chi connectivity index (χ1) is 5.75. The molecule has 0 amide bonds. The van der Waals surface area contributed by atoms with Gasteiger partial charge in [0.2, 0.25) is 0 Å². The topological polar surface area (TPSA) is 0 Å². The van der Waals surface area contributed by atoms with Crippen LogP contribution in [0.4, 0.5) is 0 Å². The molecule has 0 fully saturated rings. The molecule has 0 saturated carbocycles. The highest BCUT2D eigenvalue weighted by Crippen LogP contribution is 2.19. The molecule has 0 saturated heterocycles. The fraction of sp³-hybridized carbons (Fsp3) is 0.500. The molecule has 0 aromatic heterocycles. The van der Waals surface area contributed by atoms with Crippen LogP contribution in [-0.4, -0.2) is 0 Å². The summed E-state index contributed by atoms with van der Waals surface area (Å²) < 4.78 is 0. The fourth-order valence-electron chi connectivity index (χ4n) is 1.51. The summed E-state index contributed by atoms with van der Waals surface area (Å²) in [6.07, 6.45) is 2.41. The highest BCUT2D eigenvalue weighted by atomic mass is 14.1. The van der Waals surface area contributed by atoms with Crippen molar-refractivity contribution in [2.24, 2.45) is 0 Å². The summed E-state index contributed by atoms with van der Waals surface area (Å²) in [5.41, 5.74) is 2.86. The van der Waals surface area contributed by atoms with Crippen LogP contribution in [0.5, 0.6) is 0 Å². The van der Waals surface area contributed by atoms with Gasteiger partial charge in [-0.1, -0.05) is 45.4 Å². The smallest absolute Gasteiger partial charge is 0.0144 e. The van der Waals surface area contributed by atoms with Gasteiger partial charge in [0.05, 0.1) is 0 Å². The molecule has 0 atom stereocenters. The molecule has 1 rings (SSSR count). The molecule has 12 heavy (non-hydrogen) atoms. The van der Waals surface area contributed by atoms with E-state index in [0.29, 0.717) is 5.92 Å². The minimum atomic E-state index is 0.604. The van der Waals surface area contributed by atoms with Crippen molar-refractivity contribution in [2.75, 3.05) is 0 Å². The maximum Gasteiger partial charge on any atom is -0.0144 e. The molecule has 0 aliphatic heterocycles. The Bertz CT molecular complexity index is 236. The van der Waals surface area contributed by atoms with Crippen molar-refractivity contribution in [3.63, 3.8) is 0 Å². The molecule has 0 aliphatic carbocycles. The molecule has 0 heteroatoms. The van der Waals surface area contributed by atoms with Crippen molar-refractivity contribution in [1.29, 1.82) is 0 Å². The van der Waals surface area contributed by atoms with E-state index in [4.69, 9.17) is 0 Å². The van der Waals surface area contributed by atoms with Crippen molar-refractivity contribution in [3.8, 4) is 0 Å². The summed E-state index contributed by atoms with van der Waals surface area (Å²) in [5.74, 6) is 0.604. The highest BCUT2D eigenvalue weighted by molar-refractivity contribution is 5.28. The van der Waals surface area contributed by atoms with Crippen LogP contribution in [0.3, 0.4) is 0 Å². The van der Waals surface area contributed by atoms with E-state index in [1.807, 2.05) is 6.07 Å². The van der Waals surface area contributed by atoms with E-state index in [1.165, 1.54) is 24.0 Å². The van der Waals surface area contributed by atoms with E-state index in [2.05, 4.69) is 39.0 Å². The predicted octanol–water partition coefficient (Wildman–Crippen LogP) is 3.56. The first-order valence-corrected chi connectivity index (χ1v) is 4.75. The Kier molecular flexibility index (Phi) is 3.33. The molecule has 1 radical (unpaired) electrons. The zero-order chi connectivity index (χ0) is 8.97. The average Bonchev–Trinajstić information content (AvgIpc) is 2.05. The summed E-state index contributed by atoms with van der Waals surface area (Å²) in [7, 11) is 0. The SMILES string of the molecule is CCCc1ccc[c]c1C(C)C. The number of hydrogen-bond acceptors (Lipinski definition) is 0. The molecule has 0 spiro atoms. The van der Waals surface area contributed by atoms with Gasteiger partial charge in [0.1, 0.15) is 0 Å². The molecule has 0 unspecified atom stereocenters. The van der Waals surface area contributed by atoms with Gasteiger partial charge < -0.3 is 0 Å². The van der Waals surface area contributed by atoms with Gasteiger partial charge in [-0.25, -0.2) is 0 Å². The molecule has 1 aromatic rings. The van der Waals surface area contributed by atoms with E-state index in [0.717, 1.165) is 0 Å². The van der Waals surface area contributed by atoms with Gasteiger partial charge >= 0.3 is 0 Å². The number of aryl methyl sites for hydroxylation is 1. The predicted molar refractivity (Wildman–Crippen MR) is 53.4 cm³/mol. The van der Waals surface area contributed by atoms with E-state index in [1.54, 1.807) is 0 Å². The van der Waals surface area contributed by atoms with Gasteiger partial charge in [0.25, 0.3) is 0 Å². The molecule has 0 aliphatic rings. The summed E-state index contributed by atoms with van der Waals surface area (Å²) in [5, 5.41) is 0. The zero-order valence-corrected chi connectivity index (χ0v) is 8.22. The lowest BCUT2D eigenvalue weighted by atomic mass is 9.95. The lowest BCUT2D eigenvalue weighted by Gasteiger charge is -2.10. The van der Waals surface area contributed by atoms with E-state index in [9.17, 15) is 0 Å². The van der Waals surface area contributed by atoms with Crippen LogP contribution in [0.1, 0.15) is 44.2 Å². The second-order valence-electron chi connectivity index (χ2n) is 3.51. The van der Waals surface area contributed by atoms with Crippen LogP contribution in [0.15, 0.2) is 18.2 Å². The Morgan fingerprint density at radius 3 is 2.75 bits per heavy atom. The largest absolute Gasteiger partial charge is 0.0651 e. The van der Waals surface area contributed by atoms with Crippen LogP contribution in [0.25, 0.3) is 0 Å². The van der Waals surface area contributed by atoms with Crippen molar-refractivity contribution < 1.29 is 0 Å². The zero-order valence-electron chi connectivity index (χ0n) is 8.22. The van der Waals surface area contributed by atoms with Crippen LogP contribution < -0.4 is 0 Å². The normalized spacial score (nSPS) is 10.7. The average molecular weight is 161 g/mol.